The molecule has 2 aromatic carbocycles. The highest BCUT2D eigenvalue weighted by atomic mass is 79.9. The van der Waals surface area contributed by atoms with E-state index in [9.17, 15) is 9.59 Å². The molecule has 0 N–H and O–H groups in total. The van der Waals surface area contributed by atoms with Crippen LogP contribution in [0.1, 0.15) is 78.4 Å². The van der Waals surface area contributed by atoms with Gasteiger partial charge in [-0.2, -0.15) is 0 Å². The second kappa shape index (κ2) is 12.1. The molecule has 4 atom stereocenters. The van der Waals surface area contributed by atoms with Crippen molar-refractivity contribution in [1.82, 2.24) is 0 Å². The van der Waals surface area contributed by atoms with Crippen LogP contribution in [0.5, 0.6) is 0 Å². The number of carbonyl (C=O) groups is 2. The van der Waals surface area contributed by atoms with E-state index in [4.69, 9.17) is 0 Å². The molecule has 2 saturated carbocycles. The van der Waals surface area contributed by atoms with Gasteiger partial charge >= 0.3 is 0 Å². The van der Waals surface area contributed by atoms with Crippen molar-refractivity contribution >= 4 is 43.4 Å². The molecule has 0 heterocycles. The minimum atomic E-state index is -0.165. The van der Waals surface area contributed by atoms with E-state index in [1.165, 1.54) is 11.1 Å². The number of carbonyl (C=O) groups excluding carboxylic acids is 2. The van der Waals surface area contributed by atoms with E-state index in [0.29, 0.717) is 35.2 Å². The third kappa shape index (κ3) is 6.59. The van der Waals surface area contributed by atoms with Crippen LogP contribution in [0.4, 0.5) is 0 Å². The summed E-state index contributed by atoms with van der Waals surface area (Å²) >= 11 is 6.90. The van der Waals surface area contributed by atoms with E-state index in [2.05, 4.69) is 122 Å². The summed E-state index contributed by atoms with van der Waals surface area (Å²) < 4.78 is 2.18. The highest BCUT2D eigenvalue weighted by Crippen LogP contribution is 2.47. The Morgan fingerprint density at radius 1 is 0.667 bits per heavy atom. The third-order valence-corrected chi connectivity index (χ3v) is 9.91. The molecule has 4 rings (SSSR count). The summed E-state index contributed by atoms with van der Waals surface area (Å²) in [7, 11) is 0. The molecule has 0 unspecified atom stereocenters. The van der Waals surface area contributed by atoms with Crippen LogP contribution in [0.25, 0.3) is 0 Å². The number of rotatable bonds is 6. The first kappa shape index (κ1) is 29.3. The topological polar surface area (TPSA) is 34.1 Å². The maximum absolute atomic E-state index is 12.3. The van der Waals surface area contributed by atoms with Crippen molar-refractivity contribution in [3.8, 4) is 0 Å². The van der Waals surface area contributed by atoms with Crippen molar-refractivity contribution in [3.63, 3.8) is 0 Å². The van der Waals surface area contributed by atoms with Crippen molar-refractivity contribution in [2.45, 2.75) is 80.1 Å². The van der Waals surface area contributed by atoms with Crippen LogP contribution >= 0.6 is 31.9 Å². The number of Topliss-reactive ketones (excluding diaryl/α,β-unsaturated/α-hetero) is 2. The van der Waals surface area contributed by atoms with Crippen molar-refractivity contribution in [3.05, 3.63) is 68.6 Å². The van der Waals surface area contributed by atoms with E-state index in [0.717, 1.165) is 47.5 Å². The lowest BCUT2D eigenvalue weighted by Crippen LogP contribution is -2.34. The summed E-state index contributed by atoms with van der Waals surface area (Å²) in [5.74, 6) is 3.10. The zero-order chi connectivity index (χ0) is 26.7. The molecule has 36 heavy (non-hydrogen) atoms. The normalized spacial score (nSPS) is 28.1. The smallest absolute Gasteiger partial charge is 0.139 e. The van der Waals surface area contributed by atoms with Crippen molar-refractivity contribution < 1.29 is 9.59 Å². The molecule has 2 nitrogen and oxygen atoms in total. The van der Waals surface area contributed by atoms with Crippen LogP contribution in [0.15, 0.2) is 57.5 Å². The highest BCUT2D eigenvalue weighted by molar-refractivity contribution is 9.10. The van der Waals surface area contributed by atoms with Gasteiger partial charge in [0.05, 0.1) is 0 Å². The first-order valence-electron chi connectivity index (χ1n) is 13.4. The van der Waals surface area contributed by atoms with Crippen LogP contribution in [-0.4, -0.2) is 11.6 Å². The summed E-state index contributed by atoms with van der Waals surface area (Å²) in [5, 5.41) is 0. The maximum Gasteiger partial charge on any atom is 0.139 e. The largest absolute Gasteiger partial charge is 0.299 e. The Labute approximate surface area is 235 Å². The van der Waals surface area contributed by atoms with Crippen molar-refractivity contribution in [2.24, 2.45) is 34.5 Å². The Morgan fingerprint density at radius 3 is 1.25 bits per heavy atom. The number of halogens is 2. The third-order valence-electron chi connectivity index (χ3n) is 8.85. The standard InChI is InChI=1S/2C16H21BrO/c2*1-11(2)14-8-9-15(18)16(14,3)10-12-4-6-13(17)7-5-12/h2*4-7,11,14H,8-10H2,1-3H3/t2*14-,16-/m00/s1. The lowest BCUT2D eigenvalue weighted by Gasteiger charge is -2.33. The van der Waals surface area contributed by atoms with E-state index < -0.39 is 0 Å². The molecule has 2 fully saturated rings. The molecule has 2 aromatic rings. The van der Waals surface area contributed by atoms with Gasteiger partial charge in [-0.15, -0.1) is 0 Å². The van der Waals surface area contributed by atoms with Crippen LogP contribution < -0.4 is 0 Å². The van der Waals surface area contributed by atoms with E-state index in [-0.39, 0.29) is 10.8 Å². The zero-order valence-electron chi connectivity index (χ0n) is 22.7. The molecule has 0 radical (unpaired) electrons. The van der Waals surface area contributed by atoms with Crippen LogP contribution in [0, 0.1) is 34.5 Å². The molecule has 2 aliphatic carbocycles. The Kier molecular flexibility index (Phi) is 9.82. The summed E-state index contributed by atoms with van der Waals surface area (Å²) in [6, 6.07) is 16.7. The van der Waals surface area contributed by atoms with Gasteiger partial charge in [-0.3, -0.25) is 9.59 Å². The number of hydrogen-bond acceptors (Lipinski definition) is 2. The molecule has 196 valence electrons. The van der Waals surface area contributed by atoms with Gasteiger partial charge in [0.1, 0.15) is 11.6 Å². The molecule has 2 aliphatic rings. The second-order valence-corrected chi connectivity index (χ2v) is 13.9. The van der Waals surface area contributed by atoms with E-state index in [1.807, 2.05) is 0 Å². The van der Waals surface area contributed by atoms with Crippen molar-refractivity contribution in [1.29, 1.82) is 0 Å². The average Bonchev–Trinajstić information content (AvgIpc) is 3.27. The fraction of sp³-hybridized carbons (Fsp3) is 0.562. The molecule has 4 heteroatoms. The van der Waals surface area contributed by atoms with Gasteiger partial charge in [-0.1, -0.05) is 97.7 Å². The average molecular weight is 618 g/mol. The highest BCUT2D eigenvalue weighted by Gasteiger charge is 2.47. The molecule has 0 bridgehead atoms. The van der Waals surface area contributed by atoms with Crippen LogP contribution in [0.2, 0.25) is 0 Å². The number of hydrogen-bond donors (Lipinski definition) is 0. The molecular formula is C32H42Br2O2. The summed E-state index contributed by atoms with van der Waals surface area (Å²) in [5.41, 5.74) is 2.20. The van der Waals surface area contributed by atoms with Gasteiger partial charge in [-0.05, 0) is 84.7 Å². The van der Waals surface area contributed by atoms with Gasteiger partial charge in [0.2, 0.25) is 0 Å². The van der Waals surface area contributed by atoms with E-state index >= 15 is 0 Å². The minimum absolute atomic E-state index is 0.165. The van der Waals surface area contributed by atoms with Crippen molar-refractivity contribution in [2.75, 3.05) is 0 Å². The monoisotopic (exact) mass is 616 g/mol. The summed E-state index contributed by atoms with van der Waals surface area (Å²) in [6.07, 6.45) is 5.39. The lowest BCUT2D eigenvalue weighted by molar-refractivity contribution is -0.127. The number of ketones is 2. The first-order chi connectivity index (χ1) is 16.9. The van der Waals surface area contributed by atoms with E-state index in [1.54, 1.807) is 0 Å². The molecule has 0 aromatic heterocycles. The van der Waals surface area contributed by atoms with Gasteiger partial charge in [0.15, 0.2) is 0 Å². The molecule has 0 spiro atoms. The predicted molar refractivity (Wildman–Crippen MR) is 157 cm³/mol. The van der Waals surface area contributed by atoms with Gasteiger partial charge < -0.3 is 0 Å². The number of benzene rings is 2. The Balaban J connectivity index is 0.000000201. The minimum Gasteiger partial charge on any atom is -0.299 e. The maximum atomic E-state index is 12.3. The molecular weight excluding hydrogens is 576 g/mol. The quantitative estimate of drug-likeness (QED) is 0.324. The SMILES string of the molecule is CC(C)[C@@H]1CCC(=O)[C@@]1(C)Cc1ccc(Br)cc1.CC(C)[C@@H]1CCC(=O)[C@@]1(C)Cc1ccc(Br)cc1. The van der Waals surface area contributed by atoms with Gasteiger partial charge in [-0.25, -0.2) is 0 Å². The fourth-order valence-electron chi connectivity index (χ4n) is 6.85. The Hall–Kier alpha value is -1.26. The van der Waals surface area contributed by atoms with Crippen LogP contribution in [-0.2, 0) is 22.4 Å². The predicted octanol–water partition coefficient (Wildman–Crippen LogP) is 9.27. The Morgan fingerprint density at radius 2 is 0.972 bits per heavy atom. The molecule has 0 aliphatic heterocycles. The molecule has 0 amide bonds. The van der Waals surface area contributed by atoms with Gasteiger partial charge in [0, 0.05) is 32.6 Å². The fourth-order valence-corrected chi connectivity index (χ4v) is 7.37. The van der Waals surface area contributed by atoms with Crippen LogP contribution in [0.3, 0.4) is 0 Å². The van der Waals surface area contributed by atoms with Gasteiger partial charge in [0.25, 0.3) is 0 Å². The first-order valence-corrected chi connectivity index (χ1v) is 15.0. The second-order valence-electron chi connectivity index (χ2n) is 12.1. The molecule has 0 saturated heterocycles. The summed E-state index contributed by atoms with van der Waals surface area (Å²) in [4.78, 5) is 24.5. The zero-order valence-corrected chi connectivity index (χ0v) is 25.9. The Bertz CT molecular complexity index is 955. The summed E-state index contributed by atoms with van der Waals surface area (Å²) in [6.45, 7) is 13.3. The lowest BCUT2D eigenvalue weighted by atomic mass is 9.70.